The smallest absolute Gasteiger partial charge is 0.255 e. The first-order chi connectivity index (χ1) is 11.9. The molecule has 0 aliphatic carbocycles. The van der Waals surface area contributed by atoms with Crippen LogP contribution in [0.4, 0.5) is 0 Å². The predicted molar refractivity (Wildman–Crippen MR) is 95.0 cm³/mol. The van der Waals surface area contributed by atoms with Crippen LogP contribution in [-0.2, 0) is 16.4 Å². The quantitative estimate of drug-likeness (QED) is 0.826. The van der Waals surface area contributed by atoms with E-state index in [4.69, 9.17) is 0 Å². The molecule has 1 amide bonds. The fourth-order valence-corrected chi connectivity index (χ4v) is 3.87. The molecule has 1 fully saturated rings. The van der Waals surface area contributed by atoms with Crippen LogP contribution in [0, 0.1) is 0 Å². The highest BCUT2D eigenvalue weighted by Gasteiger charge is 2.26. The maximum Gasteiger partial charge on any atom is 0.255 e. The van der Waals surface area contributed by atoms with Gasteiger partial charge in [0.1, 0.15) is 0 Å². The van der Waals surface area contributed by atoms with Gasteiger partial charge in [-0.05, 0) is 29.8 Å². The molecule has 1 aliphatic heterocycles. The summed E-state index contributed by atoms with van der Waals surface area (Å²) >= 11 is 0. The maximum absolute atomic E-state index is 12.8. The van der Waals surface area contributed by atoms with Crippen LogP contribution in [0.5, 0.6) is 0 Å². The van der Waals surface area contributed by atoms with E-state index in [9.17, 15) is 13.2 Å². The fraction of sp³-hybridized carbons (Fsp3) is 0.333. The Morgan fingerprint density at radius 3 is 2.32 bits per heavy atom. The van der Waals surface area contributed by atoms with Crippen molar-refractivity contribution in [3.63, 3.8) is 0 Å². The highest BCUT2D eigenvalue weighted by molar-refractivity contribution is 7.90. The van der Waals surface area contributed by atoms with Crippen LogP contribution in [0.2, 0.25) is 0 Å². The van der Waals surface area contributed by atoms with E-state index in [-0.39, 0.29) is 16.4 Å². The molecule has 25 heavy (non-hydrogen) atoms. The molecular weight excluding hydrogens is 338 g/mol. The molecule has 7 heteroatoms. The molecule has 0 unspecified atom stereocenters. The summed E-state index contributed by atoms with van der Waals surface area (Å²) in [5.41, 5.74) is 1.45. The number of hydrogen-bond donors (Lipinski definition) is 0. The van der Waals surface area contributed by atoms with Gasteiger partial charge in [-0.25, -0.2) is 8.42 Å². The minimum atomic E-state index is -3.43. The zero-order chi connectivity index (χ0) is 17.9. The minimum Gasteiger partial charge on any atom is -0.336 e. The van der Waals surface area contributed by atoms with Crippen LogP contribution in [-0.4, -0.2) is 61.5 Å². The zero-order valence-corrected chi connectivity index (χ0v) is 14.9. The Labute approximate surface area is 148 Å². The maximum atomic E-state index is 12.8. The number of pyridine rings is 1. The number of amides is 1. The highest BCUT2D eigenvalue weighted by atomic mass is 32.2. The van der Waals surface area contributed by atoms with Crippen LogP contribution >= 0.6 is 0 Å². The Balaban J connectivity index is 1.67. The summed E-state index contributed by atoms with van der Waals surface area (Å²) in [7, 11) is -3.43. The van der Waals surface area contributed by atoms with Crippen LogP contribution in [0.3, 0.4) is 0 Å². The number of sulfone groups is 1. The molecule has 1 aromatic heterocycles. The third-order valence-electron chi connectivity index (χ3n) is 4.33. The monoisotopic (exact) mass is 359 g/mol. The summed E-state index contributed by atoms with van der Waals surface area (Å²) < 4.78 is 23.8. The largest absolute Gasteiger partial charge is 0.336 e. The lowest BCUT2D eigenvalue weighted by Gasteiger charge is -2.35. The van der Waals surface area contributed by atoms with Gasteiger partial charge < -0.3 is 4.90 Å². The SMILES string of the molecule is CS(=O)(=O)c1ccccc1C(=O)N1CCN(Cc2ccncc2)CC1. The lowest BCUT2D eigenvalue weighted by molar-refractivity contribution is 0.0624. The van der Waals surface area contributed by atoms with Gasteiger partial charge >= 0.3 is 0 Å². The van der Waals surface area contributed by atoms with Gasteiger partial charge in [0.05, 0.1) is 10.5 Å². The first-order valence-corrected chi connectivity index (χ1v) is 10.0. The van der Waals surface area contributed by atoms with Crippen molar-refractivity contribution in [3.8, 4) is 0 Å². The van der Waals surface area contributed by atoms with Crippen molar-refractivity contribution in [3.05, 3.63) is 59.9 Å². The first-order valence-electron chi connectivity index (χ1n) is 8.15. The number of benzene rings is 1. The molecule has 6 nitrogen and oxygen atoms in total. The molecule has 1 aliphatic rings. The number of carbonyl (C=O) groups is 1. The number of nitrogens with zero attached hydrogens (tertiary/aromatic N) is 3. The lowest BCUT2D eigenvalue weighted by Crippen LogP contribution is -2.48. The third-order valence-corrected chi connectivity index (χ3v) is 5.49. The molecule has 0 radical (unpaired) electrons. The van der Waals surface area contributed by atoms with Crippen molar-refractivity contribution in [1.82, 2.24) is 14.8 Å². The molecule has 0 atom stereocenters. The Kier molecular flexibility index (Phi) is 5.15. The summed E-state index contributed by atoms with van der Waals surface area (Å²) in [6.07, 6.45) is 4.68. The number of hydrogen-bond acceptors (Lipinski definition) is 5. The molecule has 0 spiro atoms. The molecular formula is C18H21N3O3S. The van der Waals surface area contributed by atoms with Gasteiger partial charge in [-0.1, -0.05) is 12.1 Å². The van der Waals surface area contributed by atoms with E-state index in [1.54, 1.807) is 35.5 Å². The van der Waals surface area contributed by atoms with E-state index in [0.717, 1.165) is 25.9 Å². The molecule has 3 rings (SSSR count). The van der Waals surface area contributed by atoms with E-state index >= 15 is 0 Å². The number of carbonyl (C=O) groups excluding carboxylic acids is 1. The first kappa shape index (κ1) is 17.6. The normalized spacial score (nSPS) is 16.0. The summed E-state index contributed by atoms with van der Waals surface area (Å²) in [4.78, 5) is 20.9. The van der Waals surface area contributed by atoms with Crippen LogP contribution in [0.25, 0.3) is 0 Å². The van der Waals surface area contributed by atoms with Crippen molar-refractivity contribution in [2.24, 2.45) is 0 Å². The Morgan fingerprint density at radius 2 is 1.68 bits per heavy atom. The van der Waals surface area contributed by atoms with Crippen LogP contribution < -0.4 is 0 Å². The summed E-state index contributed by atoms with van der Waals surface area (Å²) in [6.45, 7) is 3.51. The van der Waals surface area contributed by atoms with Crippen molar-refractivity contribution < 1.29 is 13.2 Å². The van der Waals surface area contributed by atoms with Crippen molar-refractivity contribution >= 4 is 15.7 Å². The van der Waals surface area contributed by atoms with Gasteiger partial charge in [0.25, 0.3) is 5.91 Å². The molecule has 132 valence electrons. The third kappa shape index (κ3) is 4.24. The Morgan fingerprint density at radius 1 is 1.04 bits per heavy atom. The van der Waals surface area contributed by atoms with Crippen molar-refractivity contribution in [1.29, 1.82) is 0 Å². The molecule has 1 saturated heterocycles. The molecule has 0 N–H and O–H groups in total. The second kappa shape index (κ2) is 7.33. The van der Waals surface area contributed by atoms with Gasteiger partial charge in [-0.3, -0.25) is 14.7 Å². The summed E-state index contributed by atoms with van der Waals surface area (Å²) in [5.74, 6) is -0.218. The molecule has 0 bridgehead atoms. The van der Waals surface area contributed by atoms with Crippen LogP contribution in [0.15, 0.2) is 53.7 Å². The summed E-state index contributed by atoms with van der Waals surface area (Å²) in [6, 6.07) is 10.4. The fourth-order valence-electron chi connectivity index (χ4n) is 2.99. The van der Waals surface area contributed by atoms with Gasteiger partial charge in [-0.15, -0.1) is 0 Å². The zero-order valence-electron chi connectivity index (χ0n) is 14.1. The van der Waals surface area contributed by atoms with Gasteiger partial charge in [0.15, 0.2) is 9.84 Å². The molecule has 2 heterocycles. The molecule has 1 aromatic carbocycles. The Hall–Kier alpha value is -2.25. The van der Waals surface area contributed by atoms with Crippen molar-refractivity contribution in [2.75, 3.05) is 32.4 Å². The molecule has 0 saturated carbocycles. The second-order valence-electron chi connectivity index (χ2n) is 6.19. The topological polar surface area (TPSA) is 70.6 Å². The number of rotatable bonds is 4. The van der Waals surface area contributed by atoms with Gasteiger partial charge in [0, 0.05) is 51.4 Å². The summed E-state index contributed by atoms with van der Waals surface area (Å²) in [5, 5.41) is 0. The average Bonchev–Trinajstić information content (AvgIpc) is 2.62. The second-order valence-corrected chi connectivity index (χ2v) is 8.18. The molecule has 2 aromatic rings. The predicted octanol–water partition coefficient (Wildman–Crippen LogP) is 1.44. The van der Waals surface area contributed by atoms with Crippen LogP contribution in [0.1, 0.15) is 15.9 Å². The van der Waals surface area contributed by atoms with E-state index < -0.39 is 9.84 Å². The highest BCUT2D eigenvalue weighted by Crippen LogP contribution is 2.18. The number of piperazine rings is 1. The standard InChI is InChI=1S/C18H21N3O3S/c1-25(23,24)17-5-3-2-4-16(17)18(22)21-12-10-20(11-13-21)14-15-6-8-19-9-7-15/h2-9H,10-14H2,1H3. The minimum absolute atomic E-state index is 0.0965. The lowest BCUT2D eigenvalue weighted by atomic mass is 10.1. The van der Waals surface area contributed by atoms with E-state index in [0.29, 0.717) is 13.1 Å². The van der Waals surface area contributed by atoms with E-state index in [2.05, 4.69) is 9.88 Å². The Bertz CT molecular complexity index is 845. The number of aromatic nitrogens is 1. The van der Waals surface area contributed by atoms with Crippen molar-refractivity contribution in [2.45, 2.75) is 11.4 Å². The average molecular weight is 359 g/mol. The van der Waals surface area contributed by atoms with Gasteiger partial charge in [0.2, 0.25) is 0 Å². The van der Waals surface area contributed by atoms with E-state index in [1.165, 1.54) is 11.6 Å². The van der Waals surface area contributed by atoms with Gasteiger partial charge in [-0.2, -0.15) is 0 Å². The van der Waals surface area contributed by atoms with E-state index in [1.807, 2.05) is 12.1 Å².